The average molecular weight is 309 g/mol. The molecule has 2 heterocycles. The van der Waals surface area contributed by atoms with Crippen LogP contribution in [-0.4, -0.2) is 21.6 Å². The highest BCUT2D eigenvalue weighted by atomic mass is 19.1. The smallest absolute Gasteiger partial charge is 0.267 e. The zero-order valence-electron chi connectivity index (χ0n) is 12.3. The van der Waals surface area contributed by atoms with Crippen molar-refractivity contribution in [3.63, 3.8) is 0 Å². The lowest BCUT2D eigenvalue weighted by atomic mass is 10.1. The summed E-state index contributed by atoms with van der Waals surface area (Å²) in [4.78, 5) is 26.2. The van der Waals surface area contributed by atoms with E-state index in [1.807, 2.05) is 6.92 Å². The van der Waals surface area contributed by atoms with Crippen LogP contribution in [0, 0.1) is 5.82 Å². The molecule has 23 heavy (non-hydrogen) atoms. The largest absolute Gasteiger partial charge is 0.268 e. The number of halogens is 1. The van der Waals surface area contributed by atoms with Crippen LogP contribution in [0.15, 0.2) is 42.5 Å². The van der Waals surface area contributed by atoms with Crippen molar-refractivity contribution >= 4 is 28.5 Å². The Morgan fingerprint density at radius 1 is 1.04 bits per heavy atom. The van der Waals surface area contributed by atoms with Crippen molar-refractivity contribution in [1.29, 1.82) is 0 Å². The molecule has 0 saturated carbocycles. The number of nitrogens with zero attached hydrogens (tertiary/aromatic N) is 3. The highest BCUT2D eigenvalue weighted by molar-refractivity contribution is 6.35. The van der Waals surface area contributed by atoms with Gasteiger partial charge < -0.3 is 0 Å². The molecular formula is C17H12FN3O2. The second-order valence-electron chi connectivity index (χ2n) is 5.29. The van der Waals surface area contributed by atoms with Crippen molar-refractivity contribution < 1.29 is 14.0 Å². The first-order valence-electron chi connectivity index (χ1n) is 7.25. The lowest BCUT2D eigenvalue weighted by Gasteiger charge is -2.10. The van der Waals surface area contributed by atoms with E-state index in [9.17, 15) is 14.0 Å². The SMILES string of the molecule is CCn1nc(N2C(=O)c3ccccc3C2=O)c2cc(F)ccc21. The van der Waals surface area contributed by atoms with E-state index in [-0.39, 0.29) is 5.82 Å². The first-order valence-corrected chi connectivity index (χ1v) is 7.25. The summed E-state index contributed by atoms with van der Waals surface area (Å²) in [5.74, 6) is -1.13. The number of benzene rings is 2. The van der Waals surface area contributed by atoms with Gasteiger partial charge in [-0.2, -0.15) is 5.10 Å². The molecule has 1 aromatic heterocycles. The number of aromatic nitrogens is 2. The lowest BCUT2D eigenvalue weighted by Crippen LogP contribution is -2.30. The van der Waals surface area contributed by atoms with Gasteiger partial charge in [-0.15, -0.1) is 0 Å². The summed E-state index contributed by atoms with van der Waals surface area (Å²) < 4.78 is 15.3. The van der Waals surface area contributed by atoms with Crippen LogP contribution in [0.2, 0.25) is 0 Å². The third-order valence-corrected chi connectivity index (χ3v) is 4.00. The van der Waals surface area contributed by atoms with Gasteiger partial charge in [0.25, 0.3) is 11.8 Å². The molecule has 0 spiro atoms. The van der Waals surface area contributed by atoms with Crippen molar-refractivity contribution in [3.8, 4) is 0 Å². The molecule has 0 aliphatic carbocycles. The zero-order chi connectivity index (χ0) is 16.1. The predicted octanol–water partition coefficient (Wildman–Crippen LogP) is 3.00. The van der Waals surface area contributed by atoms with Crippen molar-refractivity contribution in [1.82, 2.24) is 9.78 Å². The van der Waals surface area contributed by atoms with Gasteiger partial charge in [0, 0.05) is 11.9 Å². The van der Waals surface area contributed by atoms with Crippen molar-refractivity contribution in [2.45, 2.75) is 13.5 Å². The Balaban J connectivity index is 1.96. The van der Waals surface area contributed by atoms with Gasteiger partial charge in [0.05, 0.1) is 16.6 Å². The maximum atomic E-state index is 13.6. The molecule has 0 bridgehead atoms. The van der Waals surface area contributed by atoms with Crippen LogP contribution in [0.1, 0.15) is 27.6 Å². The van der Waals surface area contributed by atoms with Gasteiger partial charge in [-0.05, 0) is 37.3 Å². The summed E-state index contributed by atoms with van der Waals surface area (Å²) in [5.41, 5.74) is 1.36. The number of carbonyl (C=O) groups is 2. The zero-order valence-corrected chi connectivity index (χ0v) is 12.3. The average Bonchev–Trinajstić information content (AvgIpc) is 3.03. The van der Waals surface area contributed by atoms with Crippen LogP contribution in [0.5, 0.6) is 0 Å². The summed E-state index contributed by atoms with van der Waals surface area (Å²) in [7, 11) is 0. The summed E-state index contributed by atoms with van der Waals surface area (Å²) in [6, 6.07) is 10.9. The van der Waals surface area contributed by atoms with E-state index in [1.54, 1.807) is 35.0 Å². The fourth-order valence-corrected chi connectivity index (χ4v) is 2.92. The molecule has 4 rings (SSSR count). The Hall–Kier alpha value is -3.02. The molecule has 0 atom stereocenters. The maximum absolute atomic E-state index is 13.6. The Morgan fingerprint density at radius 2 is 1.70 bits per heavy atom. The fourth-order valence-electron chi connectivity index (χ4n) is 2.92. The lowest BCUT2D eigenvalue weighted by molar-refractivity contribution is 0.0925. The molecule has 6 heteroatoms. The minimum Gasteiger partial charge on any atom is -0.268 e. The number of anilines is 1. The molecule has 2 amide bonds. The number of hydrogen-bond acceptors (Lipinski definition) is 3. The normalized spacial score (nSPS) is 13.9. The van der Waals surface area contributed by atoms with Gasteiger partial charge in [-0.25, -0.2) is 9.29 Å². The molecule has 2 aromatic carbocycles. The minimum atomic E-state index is -0.439. The van der Waals surface area contributed by atoms with Crippen molar-refractivity contribution in [2.24, 2.45) is 0 Å². The van der Waals surface area contributed by atoms with E-state index >= 15 is 0 Å². The van der Waals surface area contributed by atoms with E-state index < -0.39 is 17.6 Å². The van der Waals surface area contributed by atoms with Crippen molar-refractivity contribution in [2.75, 3.05) is 4.90 Å². The quantitative estimate of drug-likeness (QED) is 0.684. The highest BCUT2D eigenvalue weighted by Gasteiger charge is 2.38. The standard InChI is InChI=1S/C17H12FN3O2/c1-2-20-14-8-7-10(18)9-13(14)15(19-20)21-16(22)11-5-3-4-6-12(11)17(21)23/h3-9H,2H2,1H3. The number of aryl methyl sites for hydroxylation is 1. The molecule has 0 saturated heterocycles. The van der Waals surface area contributed by atoms with Crippen LogP contribution in [0.25, 0.3) is 10.9 Å². The predicted molar refractivity (Wildman–Crippen MR) is 82.9 cm³/mol. The number of hydrogen-bond donors (Lipinski definition) is 0. The number of amides is 2. The Bertz CT molecular complexity index is 942. The third kappa shape index (κ3) is 1.81. The maximum Gasteiger partial charge on any atom is 0.267 e. The molecule has 0 fully saturated rings. The topological polar surface area (TPSA) is 55.2 Å². The summed E-state index contributed by atoms with van der Waals surface area (Å²) in [6.45, 7) is 2.44. The van der Waals surface area contributed by atoms with Gasteiger partial charge >= 0.3 is 0 Å². The fraction of sp³-hybridized carbons (Fsp3) is 0.118. The Morgan fingerprint density at radius 3 is 2.30 bits per heavy atom. The molecule has 1 aliphatic heterocycles. The molecule has 0 N–H and O–H groups in total. The summed E-state index contributed by atoms with van der Waals surface area (Å²) in [5, 5.41) is 4.79. The molecule has 114 valence electrons. The van der Waals surface area contributed by atoms with Crippen LogP contribution in [-0.2, 0) is 6.54 Å². The van der Waals surface area contributed by atoms with Crippen LogP contribution < -0.4 is 4.90 Å². The van der Waals surface area contributed by atoms with Gasteiger partial charge in [-0.1, -0.05) is 12.1 Å². The number of rotatable bonds is 2. The second-order valence-corrected chi connectivity index (χ2v) is 5.29. The number of carbonyl (C=O) groups excluding carboxylic acids is 2. The first-order chi connectivity index (χ1) is 11.1. The minimum absolute atomic E-state index is 0.174. The Labute approximate surface area is 130 Å². The van der Waals surface area contributed by atoms with E-state index in [0.717, 1.165) is 4.90 Å². The molecule has 0 unspecified atom stereocenters. The van der Waals surface area contributed by atoms with Crippen LogP contribution >= 0.6 is 0 Å². The molecule has 5 nitrogen and oxygen atoms in total. The van der Waals surface area contributed by atoms with Crippen LogP contribution in [0.3, 0.4) is 0 Å². The summed E-state index contributed by atoms with van der Waals surface area (Å²) in [6.07, 6.45) is 0. The third-order valence-electron chi connectivity index (χ3n) is 4.00. The molecule has 3 aromatic rings. The molecule has 0 radical (unpaired) electrons. The summed E-state index contributed by atoms with van der Waals surface area (Å²) >= 11 is 0. The van der Waals surface area contributed by atoms with Crippen LogP contribution in [0.4, 0.5) is 10.2 Å². The number of fused-ring (bicyclic) bond motifs is 2. The van der Waals surface area contributed by atoms with Gasteiger partial charge in [0.15, 0.2) is 5.82 Å². The van der Waals surface area contributed by atoms with E-state index in [0.29, 0.717) is 28.6 Å². The van der Waals surface area contributed by atoms with Gasteiger partial charge in [0.2, 0.25) is 0 Å². The van der Waals surface area contributed by atoms with E-state index in [1.165, 1.54) is 12.1 Å². The molecular weight excluding hydrogens is 297 g/mol. The molecule has 1 aliphatic rings. The van der Waals surface area contributed by atoms with E-state index in [4.69, 9.17) is 0 Å². The highest BCUT2D eigenvalue weighted by Crippen LogP contribution is 2.33. The van der Waals surface area contributed by atoms with Gasteiger partial charge in [0.1, 0.15) is 5.82 Å². The van der Waals surface area contributed by atoms with Gasteiger partial charge in [-0.3, -0.25) is 14.3 Å². The van der Waals surface area contributed by atoms with E-state index in [2.05, 4.69) is 5.10 Å². The van der Waals surface area contributed by atoms with Crippen molar-refractivity contribution in [3.05, 3.63) is 59.4 Å². The second kappa shape index (κ2) is 4.74. The first kappa shape index (κ1) is 13.6. The monoisotopic (exact) mass is 309 g/mol. The Kier molecular flexibility index (Phi) is 2.81. The number of imide groups is 1.